The quantitative estimate of drug-likeness (QED) is 0.782. The van der Waals surface area contributed by atoms with Crippen LogP contribution in [0.25, 0.3) is 0 Å². The smallest absolute Gasteiger partial charge is 0.236 e. The second kappa shape index (κ2) is 7.56. The average Bonchev–Trinajstić information content (AvgIpc) is 3.07. The van der Waals surface area contributed by atoms with Gasteiger partial charge in [0, 0.05) is 25.4 Å². The van der Waals surface area contributed by atoms with Gasteiger partial charge in [0.05, 0.1) is 24.9 Å². The Morgan fingerprint density at radius 3 is 3.00 bits per heavy atom. The lowest BCUT2D eigenvalue weighted by atomic mass is 10.2. The predicted molar refractivity (Wildman–Crippen MR) is 81.0 cm³/mol. The molecule has 2 heterocycles. The molecule has 21 heavy (non-hydrogen) atoms. The summed E-state index contributed by atoms with van der Waals surface area (Å²) in [4.78, 5) is 12.0. The molecule has 1 aromatic heterocycles. The molecule has 0 aliphatic carbocycles. The molecule has 3 unspecified atom stereocenters. The van der Waals surface area contributed by atoms with Crippen LogP contribution in [0.4, 0.5) is 0 Å². The van der Waals surface area contributed by atoms with Gasteiger partial charge in [-0.25, -0.2) is 0 Å². The maximum Gasteiger partial charge on any atom is 0.236 e. The van der Waals surface area contributed by atoms with Crippen LogP contribution in [0.5, 0.6) is 0 Å². The topological polar surface area (TPSA) is 68.2 Å². The van der Waals surface area contributed by atoms with Crippen LogP contribution < -0.4 is 10.6 Å². The van der Waals surface area contributed by atoms with Crippen LogP contribution in [0.2, 0.25) is 0 Å². The van der Waals surface area contributed by atoms with Gasteiger partial charge in [0.1, 0.15) is 0 Å². The van der Waals surface area contributed by atoms with E-state index >= 15 is 0 Å². The Balaban J connectivity index is 1.69. The highest BCUT2D eigenvalue weighted by Crippen LogP contribution is 2.10. The summed E-state index contributed by atoms with van der Waals surface area (Å²) in [6.07, 6.45) is 6.15. The van der Waals surface area contributed by atoms with Crippen LogP contribution in [0.3, 0.4) is 0 Å². The summed E-state index contributed by atoms with van der Waals surface area (Å²) in [6.45, 7) is 8.13. The minimum atomic E-state index is -0.224. The molecule has 6 nitrogen and oxygen atoms in total. The summed E-state index contributed by atoms with van der Waals surface area (Å²) in [5, 5.41) is 10.5. The Bertz CT molecular complexity index is 454. The zero-order valence-electron chi connectivity index (χ0n) is 13.1. The third-order valence-electron chi connectivity index (χ3n) is 3.68. The van der Waals surface area contributed by atoms with Gasteiger partial charge in [0.15, 0.2) is 0 Å². The minimum Gasteiger partial charge on any atom is -0.376 e. The number of amides is 1. The van der Waals surface area contributed by atoms with Gasteiger partial charge in [-0.15, -0.1) is 0 Å². The number of aromatic nitrogens is 2. The second-order valence-corrected chi connectivity index (χ2v) is 5.91. The van der Waals surface area contributed by atoms with Gasteiger partial charge in [-0.05, 0) is 39.2 Å². The summed E-state index contributed by atoms with van der Waals surface area (Å²) in [6, 6.07) is -0.0501. The number of ether oxygens (including phenoxy) is 1. The number of nitrogens with zero attached hydrogens (tertiary/aromatic N) is 2. The van der Waals surface area contributed by atoms with Crippen LogP contribution in [0, 0.1) is 6.92 Å². The van der Waals surface area contributed by atoms with E-state index in [1.165, 1.54) is 0 Å². The maximum absolute atomic E-state index is 12.0. The molecule has 0 spiro atoms. The molecule has 0 saturated carbocycles. The van der Waals surface area contributed by atoms with Gasteiger partial charge in [-0.3, -0.25) is 9.48 Å². The first kappa shape index (κ1) is 16.0. The fourth-order valence-electron chi connectivity index (χ4n) is 2.58. The SMILES string of the molecule is Cc1cnn(CC(C)NC(C)C(=O)NCC2CCCO2)c1. The monoisotopic (exact) mass is 294 g/mol. The van der Waals surface area contributed by atoms with Gasteiger partial charge >= 0.3 is 0 Å². The number of hydrogen-bond donors (Lipinski definition) is 2. The third-order valence-corrected chi connectivity index (χ3v) is 3.68. The molecule has 118 valence electrons. The molecular formula is C15H26N4O2. The van der Waals surface area contributed by atoms with Crippen LogP contribution in [0.1, 0.15) is 32.3 Å². The van der Waals surface area contributed by atoms with Crippen molar-refractivity contribution in [1.82, 2.24) is 20.4 Å². The van der Waals surface area contributed by atoms with Crippen molar-refractivity contribution < 1.29 is 9.53 Å². The van der Waals surface area contributed by atoms with Crippen LogP contribution >= 0.6 is 0 Å². The van der Waals surface area contributed by atoms with Crippen molar-refractivity contribution in [2.75, 3.05) is 13.2 Å². The summed E-state index contributed by atoms with van der Waals surface area (Å²) < 4.78 is 7.39. The molecule has 6 heteroatoms. The van der Waals surface area contributed by atoms with Crippen molar-refractivity contribution in [1.29, 1.82) is 0 Å². The standard InChI is InChI=1S/C15H26N4O2/c1-11-7-17-19(9-11)10-12(2)18-13(3)15(20)16-8-14-5-4-6-21-14/h7,9,12-14,18H,4-6,8,10H2,1-3H3,(H,16,20). The molecule has 2 N–H and O–H groups in total. The maximum atomic E-state index is 12.0. The predicted octanol–water partition coefficient (Wildman–Crippen LogP) is 0.853. The van der Waals surface area contributed by atoms with Crippen molar-refractivity contribution in [3.05, 3.63) is 18.0 Å². The minimum absolute atomic E-state index is 0.0222. The average molecular weight is 294 g/mol. The lowest BCUT2D eigenvalue weighted by molar-refractivity contribution is -0.123. The second-order valence-electron chi connectivity index (χ2n) is 5.91. The van der Waals surface area contributed by atoms with Crippen molar-refractivity contribution in [3.63, 3.8) is 0 Å². The first-order chi connectivity index (χ1) is 10.0. The summed E-state index contributed by atoms with van der Waals surface area (Å²) in [5.74, 6) is 0.0222. The Labute approximate surface area is 126 Å². The largest absolute Gasteiger partial charge is 0.376 e. The molecule has 1 fully saturated rings. The van der Waals surface area contributed by atoms with E-state index in [2.05, 4.69) is 22.7 Å². The van der Waals surface area contributed by atoms with Crippen molar-refractivity contribution in [3.8, 4) is 0 Å². The van der Waals surface area contributed by atoms with E-state index in [0.29, 0.717) is 6.54 Å². The van der Waals surface area contributed by atoms with E-state index in [0.717, 1.165) is 31.6 Å². The molecule has 3 atom stereocenters. The third kappa shape index (κ3) is 5.13. The Morgan fingerprint density at radius 2 is 2.38 bits per heavy atom. The van der Waals surface area contributed by atoms with E-state index < -0.39 is 0 Å². The Kier molecular flexibility index (Phi) is 5.76. The highest BCUT2D eigenvalue weighted by atomic mass is 16.5. The molecule has 2 rings (SSSR count). The normalized spacial score (nSPS) is 21.2. The van der Waals surface area contributed by atoms with Crippen LogP contribution in [-0.2, 0) is 16.1 Å². The van der Waals surface area contributed by atoms with E-state index in [1.807, 2.05) is 30.9 Å². The van der Waals surface area contributed by atoms with Crippen molar-refractivity contribution in [2.24, 2.45) is 0 Å². The Hall–Kier alpha value is -1.40. The zero-order chi connectivity index (χ0) is 15.2. The lowest BCUT2D eigenvalue weighted by Gasteiger charge is -2.20. The molecule has 1 amide bonds. The molecule has 0 aromatic carbocycles. The van der Waals surface area contributed by atoms with Gasteiger partial charge < -0.3 is 15.4 Å². The van der Waals surface area contributed by atoms with Crippen LogP contribution in [0.15, 0.2) is 12.4 Å². The summed E-state index contributed by atoms with van der Waals surface area (Å²) in [7, 11) is 0. The van der Waals surface area contributed by atoms with Crippen molar-refractivity contribution >= 4 is 5.91 Å². The van der Waals surface area contributed by atoms with E-state index in [1.54, 1.807) is 0 Å². The number of rotatable bonds is 7. The van der Waals surface area contributed by atoms with E-state index in [9.17, 15) is 4.79 Å². The highest BCUT2D eigenvalue weighted by Gasteiger charge is 2.19. The van der Waals surface area contributed by atoms with Gasteiger partial charge in [0.25, 0.3) is 0 Å². The fraction of sp³-hybridized carbons (Fsp3) is 0.733. The van der Waals surface area contributed by atoms with Gasteiger partial charge in [0.2, 0.25) is 5.91 Å². The zero-order valence-corrected chi connectivity index (χ0v) is 13.1. The summed E-state index contributed by atoms with van der Waals surface area (Å²) >= 11 is 0. The molecule has 0 bridgehead atoms. The van der Waals surface area contributed by atoms with Crippen LogP contribution in [-0.4, -0.2) is 47.0 Å². The number of nitrogens with one attached hydrogen (secondary N) is 2. The van der Waals surface area contributed by atoms with Gasteiger partial charge in [-0.2, -0.15) is 5.10 Å². The summed E-state index contributed by atoms with van der Waals surface area (Å²) in [5.41, 5.74) is 1.14. The fourth-order valence-corrected chi connectivity index (χ4v) is 2.58. The molecule has 1 saturated heterocycles. The molecule has 1 aliphatic rings. The number of carbonyl (C=O) groups is 1. The number of hydrogen-bond acceptors (Lipinski definition) is 4. The Morgan fingerprint density at radius 1 is 1.57 bits per heavy atom. The number of aryl methyl sites for hydroxylation is 1. The molecular weight excluding hydrogens is 268 g/mol. The first-order valence-electron chi connectivity index (χ1n) is 7.69. The van der Waals surface area contributed by atoms with E-state index in [-0.39, 0.29) is 24.1 Å². The lowest BCUT2D eigenvalue weighted by Crippen LogP contribution is -2.48. The van der Waals surface area contributed by atoms with Gasteiger partial charge in [-0.1, -0.05) is 0 Å². The molecule has 0 radical (unpaired) electrons. The number of carbonyl (C=O) groups excluding carboxylic acids is 1. The van der Waals surface area contributed by atoms with Crippen molar-refractivity contribution in [2.45, 2.75) is 58.3 Å². The highest BCUT2D eigenvalue weighted by molar-refractivity contribution is 5.81. The molecule has 1 aromatic rings. The molecule has 1 aliphatic heterocycles. The first-order valence-corrected chi connectivity index (χ1v) is 7.69. The van der Waals surface area contributed by atoms with E-state index in [4.69, 9.17) is 4.74 Å².